The minimum absolute atomic E-state index is 0.275. The van der Waals surface area contributed by atoms with Crippen LogP contribution in [-0.2, 0) is 9.53 Å². The number of ether oxygens (including phenoxy) is 1. The number of halogens is 1. The van der Waals surface area contributed by atoms with Crippen molar-refractivity contribution in [2.45, 2.75) is 25.8 Å². The van der Waals surface area contributed by atoms with Crippen molar-refractivity contribution in [1.82, 2.24) is 10.3 Å². The van der Waals surface area contributed by atoms with Crippen LogP contribution in [0.3, 0.4) is 0 Å². The first-order valence-corrected chi connectivity index (χ1v) is 6.86. The van der Waals surface area contributed by atoms with E-state index in [4.69, 9.17) is 4.74 Å². The second kappa shape index (κ2) is 6.92. The van der Waals surface area contributed by atoms with Crippen LogP contribution in [-0.4, -0.2) is 36.1 Å². The molecule has 2 rings (SSSR count). The highest BCUT2D eigenvalue weighted by Crippen LogP contribution is 2.18. The summed E-state index contributed by atoms with van der Waals surface area (Å²) in [4.78, 5) is 25.3. The van der Waals surface area contributed by atoms with Gasteiger partial charge in [-0.3, -0.25) is 20.5 Å². The molecule has 7 heteroatoms. The van der Waals surface area contributed by atoms with E-state index in [1.54, 1.807) is 6.92 Å². The molecule has 0 saturated carbocycles. The van der Waals surface area contributed by atoms with Crippen molar-refractivity contribution in [1.29, 1.82) is 0 Å². The van der Waals surface area contributed by atoms with Crippen LogP contribution < -0.4 is 10.9 Å². The predicted octanol–water partition coefficient (Wildman–Crippen LogP) is 1.89. The average Bonchev–Trinajstić information content (AvgIpc) is 2.96. The molecule has 1 unspecified atom stereocenters. The van der Waals surface area contributed by atoms with Gasteiger partial charge < -0.3 is 4.74 Å². The number of nitrogens with one attached hydrogen (secondary N) is 2. The molecule has 0 spiro atoms. The number of amides is 2. The summed E-state index contributed by atoms with van der Waals surface area (Å²) in [7, 11) is 0. The fourth-order valence-electron chi connectivity index (χ4n) is 2.21. The van der Waals surface area contributed by atoms with E-state index in [0.717, 1.165) is 6.42 Å². The number of nitrogens with zero attached hydrogens (tertiary/aromatic N) is 1. The van der Waals surface area contributed by atoms with Crippen molar-refractivity contribution in [3.8, 4) is 0 Å². The van der Waals surface area contributed by atoms with Crippen molar-refractivity contribution in [3.05, 3.63) is 30.1 Å². The summed E-state index contributed by atoms with van der Waals surface area (Å²) in [5.41, 5.74) is 5.78. The molecule has 1 aliphatic heterocycles. The first-order chi connectivity index (χ1) is 10.1. The first-order valence-electron chi connectivity index (χ1n) is 6.86. The number of rotatable bonds is 4. The summed E-state index contributed by atoms with van der Waals surface area (Å²) < 4.78 is 17.7. The van der Waals surface area contributed by atoms with Crippen molar-refractivity contribution >= 4 is 17.7 Å². The minimum atomic E-state index is -0.544. The lowest BCUT2D eigenvalue weighted by Gasteiger charge is -2.23. The summed E-state index contributed by atoms with van der Waals surface area (Å²) in [6.07, 6.45) is 0.875. The van der Waals surface area contributed by atoms with Crippen LogP contribution in [0.15, 0.2) is 24.3 Å². The van der Waals surface area contributed by atoms with Crippen LogP contribution in [0.1, 0.15) is 19.8 Å². The fraction of sp³-hybridized carbons (Fsp3) is 0.429. The van der Waals surface area contributed by atoms with Gasteiger partial charge >= 0.3 is 6.09 Å². The van der Waals surface area contributed by atoms with Gasteiger partial charge in [-0.15, -0.1) is 0 Å². The van der Waals surface area contributed by atoms with E-state index >= 15 is 0 Å². The number of hydrazine groups is 1. The molecular weight excluding hydrogens is 277 g/mol. The Bertz CT molecular complexity index is 507. The summed E-state index contributed by atoms with van der Waals surface area (Å²) >= 11 is 0. The lowest BCUT2D eigenvalue weighted by Crippen LogP contribution is -2.47. The summed E-state index contributed by atoms with van der Waals surface area (Å²) in [6, 6.07) is 5.04. The quantitative estimate of drug-likeness (QED) is 0.832. The van der Waals surface area contributed by atoms with E-state index in [-0.39, 0.29) is 18.3 Å². The van der Waals surface area contributed by atoms with Crippen molar-refractivity contribution in [2.24, 2.45) is 0 Å². The topological polar surface area (TPSA) is 70.7 Å². The molecule has 114 valence electrons. The number of anilines is 1. The second-order valence-electron chi connectivity index (χ2n) is 4.67. The van der Waals surface area contributed by atoms with Gasteiger partial charge in [-0.1, -0.05) is 0 Å². The average molecular weight is 295 g/mol. The molecule has 2 amide bonds. The second-order valence-corrected chi connectivity index (χ2v) is 4.67. The SMILES string of the molecule is CCOC(=O)N1CCCC1C(=O)NNc1ccc(F)cc1. The molecule has 1 aliphatic rings. The lowest BCUT2D eigenvalue weighted by molar-refractivity contribution is -0.124. The van der Waals surface area contributed by atoms with E-state index in [1.165, 1.54) is 29.2 Å². The Morgan fingerprint density at radius 3 is 2.76 bits per heavy atom. The number of benzene rings is 1. The first kappa shape index (κ1) is 15.1. The Balaban J connectivity index is 1.90. The van der Waals surface area contributed by atoms with Crippen molar-refractivity contribution < 1.29 is 18.7 Å². The molecule has 0 aromatic heterocycles. The monoisotopic (exact) mass is 295 g/mol. The van der Waals surface area contributed by atoms with Gasteiger partial charge in [-0.05, 0) is 44.0 Å². The van der Waals surface area contributed by atoms with Crippen LogP contribution in [0.25, 0.3) is 0 Å². The predicted molar refractivity (Wildman–Crippen MR) is 74.9 cm³/mol. The van der Waals surface area contributed by atoms with E-state index in [9.17, 15) is 14.0 Å². The Hall–Kier alpha value is -2.31. The highest BCUT2D eigenvalue weighted by molar-refractivity contribution is 5.87. The largest absolute Gasteiger partial charge is 0.450 e. The standard InChI is InChI=1S/C14H18FN3O3/c1-2-21-14(20)18-9-3-4-12(18)13(19)17-16-11-7-5-10(15)6-8-11/h5-8,12,16H,2-4,9H2,1H3,(H,17,19). The zero-order valence-corrected chi connectivity index (χ0v) is 11.8. The van der Waals surface area contributed by atoms with Crippen LogP contribution in [0.2, 0.25) is 0 Å². The highest BCUT2D eigenvalue weighted by atomic mass is 19.1. The minimum Gasteiger partial charge on any atom is -0.450 e. The molecule has 1 aromatic rings. The Kier molecular flexibility index (Phi) is 4.97. The number of likely N-dealkylation sites (tertiary alicyclic amines) is 1. The third-order valence-electron chi connectivity index (χ3n) is 3.23. The van der Waals surface area contributed by atoms with Crippen LogP contribution in [0, 0.1) is 5.82 Å². The van der Waals surface area contributed by atoms with Gasteiger partial charge in [0.25, 0.3) is 5.91 Å². The molecule has 21 heavy (non-hydrogen) atoms. The molecular formula is C14H18FN3O3. The summed E-state index contributed by atoms with van der Waals surface area (Å²) in [5.74, 6) is -0.666. The molecule has 0 radical (unpaired) electrons. The lowest BCUT2D eigenvalue weighted by atomic mass is 10.2. The number of carbonyl (C=O) groups is 2. The molecule has 6 nitrogen and oxygen atoms in total. The van der Waals surface area contributed by atoms with E-state index in [2.05, 4.69) is 10.9 Å². The van der Waals surface area contributed by atoms with E-state index < -0.39 is 12.1 Å². The zero-order valence-electron chi connectivity index (χ0n) is 11.8. The molecule has 1 saturated heterocycles. The Morgan fingerprint density at radius 2 is 2.10 bits per heavy atom. The number of hydrogen-bond donors (Lipinski definition) is 2. The van der Waals surface area contributed by atoms with Gasteiger partial charge in [0, 0.05) is 6.54 Å². The van der Waals surface area contributed by atoms with Gasteiger partial charge in [-0.2, -0.15) is 0 Å². The maximum absolute atomic E-state index is 12.8. The van der Waals surface area contributed by atoms with Crippen LogP contribution in [0.5, 0.6) is 0 Å². The third-order valence-corrected chi connectivity index (χ3v) is 3.23. The fourth-order valence-corrected chi connectivity index (χ4v) is 2.21. The summed E-state index contributed by atoms with van der Waals surface area (Å²) in [6.45, 7) is 2.50. The van der Waals surface area contributed by atoms with Gasteiger partial charge in [-0.25, -0.2) is 9.18 Å². The van der Waals surface area contributed by atoms with E-state index in [1.807, 2.05) is 0 Å². The third kappa shape index (κ3) is 3.84. The van der Waals surface area contributed by atoms with Gasteiger partial charge in [0.2, 0.25) is 0 Å². The van der Waals surface area contributed by atoms with Crippen molar-refractivity contribution in [2.75, 3.05) is 18.6 Å². The molecule has 1 heterocycles. The smallest absolute Gasteiger partial charge is 0.410 e. The Morgan fingerprint density at radius 1 is 1.38 bits per heavy atom. The number of hydrogen-bond acceptors (Lipinski definition) is 4. The molecule has 1 aromatic carbocycles. The molecule has 1 fully saturated rings. The van der Waals surface area contributed by atoms with Gasteiger partial charge in [0.1, 0.15) is 11.9 Å². The van der Waals surface area contributed by atoms with E-state index in [0.29, 0.717) is 18.7 Å². The Labute approximate surface area is 122 Å². The van der Waals surface area contributed by atoms with Crippen LogP contribution in [0.4, 0.5) is 14.9 Å². The molecule has 0 aliphatic carbocycles. The summed E-state index contributed by atoms with van der Waals surface area (Å²) in [5, 5.41) is 0. The normalized spacial score (nSPS) is 17.4. The maximum Gasteiger partial charge on any atom is 0.410 e. The molecule has 1 atom stereocenters. The zero-order chi connectivity index (χ0) is 15.2. The van der Waals surface area contributed by atoms with Gasteiger partial charge in [0.15, 0.2) is 0 Å². The van der Waals surface area contributed by atoms with Gasteiger partial charge in [0.05, 0.1) is 12.3 Å². The van der Waals surface area contributed by atoms with Crippen LogP contribution >= 0.6 is 0 Å². The van der Waals surface area contributed by atoms with Crippen molar-refractivity contribution in [3.63, 3.8) is 0 Å². The molecule has 0 bridgehead atoms. The molecule has 2 N–H and O–H groups in total. The highest BCUT2D eigenvalue weighted by Gasteiger charge is 2.34. The number of carbonyl (C=O) groups excluding carboxylic acids is 2. The maximum atomic E-state index is 12.8.